The third-order valence-electron chi connectivity index (χ3n) is 10.4. The first-order valence-corrected chi connectivity index (χ1v) is 18.7. The SMILES string of the molecule is CC(C)(C)c1cc(-c2cc(-c3ccccc3O)nc(-c3[c-]c(-c4nc5cccnn5c4-c4ccccc4)cc4c3oc3ccccc34)c2)cc(C(C)(C)C)c1.[Pt]. The number of aromatic nitrogens is 4. The minimum Gasteiger partial charge on any atom is -0.507 e. The van der Waals surface area contributed by atoms with Crippen LogP contribution in [0.5, 0.6) is 5.75 Å². The molecule has 0 amide bonds. The maximum absolute atomic E-state index is 11.2. The van der Waals surface area contributed by atoms with E-state index in [9.17, 15) is 5.11 Å². The van der Waals surface area contributed by atoms with E-state index >= 15 is 0 Å². The second-order valence-corrected chi connectivity index (χ2v) is 16.3. The predicted molar refractivity (Wildman–Crippen MR) is 223 cm³/mol. The van der Waals surface area contributed by atoms with Crippen molar-refractivity contribution in [3.05, 3.63) is 151 Å². The molecule has 4 heterocycles. The van der Waals surface area contributed by atoms with Crippen LogP contribution in [-0.4, -0.2) is 24.7 Å². The molecule has 0 spiro atoms. The molecule has 0 atom stereocenters. The minimum absolute atomic E-state index is 0. The number of pyridine rings is 1. The standard InChI is InChI=1S/C49H41N4O2.Pt/c1-48(2,3)34-23-31(24-35(29-34)49(4,5)6)32-27-40(37-18-10-12-19-42(37)54)51-41(28-32)39-26-33(25-38-36-17-11-13-20-43(36)55-47(38)39)45-46(30-15-8-7-9-16-30)53-44(52-45)21-14-22-50-53;/h7-25,27-29,54H,1-6H3;/q-1;. The quantitative estimate of drug-likeness (QED) is 0.174. The second kappa shape index (κ2) is 14.0. The van der Waals surface area contributed by atoms with E-state index in [0.717, 1.165) is 55.6 Å². The first-order valence-electron chi connectivity index (χ1n) is 18.7. The number of phenols is 1. The van der Waals surface area contributed by atoms with Gasteiger partial charge >= 0.3 is 0 Å². The Balaban J connectivity index is 0.00000441. The Morgan fingerprint density at radius 3 is 2.02 bits per heavy atom. The van der Waals surface area contributed by atoms with E-state index in [1.54, 1.807) is 12.3 Å². The molecule has 0 unspecified atom stereocenters. The number of benzene rings is 5. The summed E-state index contributed by atoms with van der Waals surface area (Å²) in [6.07, 6.45) is 1.78. The molecular formula is C49H41N4O2Pt-. The van der Waals surface area contributed by atoms with Crippen molar-refractivity contribution >= 4 is 27.6 Å². The third kappa shape index (κ3) is 6.62. The number of hydrogen-bond acceptors (Lipinski definition) is 5. The molecule has 0 aliphatic carbocycles. The van der Waals surface area contributed by atoms with Gasteiger partial charge in [0.1, 0.15) is 17.0 Å². The van der Waals surface area contributed by atoms with E-state index in [1.165, 1.54) is 11.1 Å². The number of furan rings is 1. The largest absolute Gasteiger partial charge is 0.507 e. The first-order chi connectivity index (χ1) is 26.4. The molecule has 9 rings (SSSR count). The van der Waals surface area contributed by atoms with Gasteiger partial charge in [-0.3, -0.25) is 9.97 Å². The number of hydrogen-bond donors (Lipinski definition) is 1. The summed E-state index contributed by atoms with van der Waals surface area (Å²) >= 11 is 0. The van der Waals surface area contributed by atoms with E-state index in [4.69, 9.17) is 19.5 Å². The summed E-state index contributed by atoms with van der Waals surface area (Å²) < 4.78 is 8.58. The van der Waals surface area contributed by atoms with Gasteiger partial charge in [-0.05, 0) is 80.4 Å². The number of imidazole rings is 1. The van der Waals surface area contributed by atoms with E-state index in [0.29, 0.717) is 28.1 Å². The summed E-state index contributed by atoms with van der Waals surface area (Å²) in [6.45, 7) is 13.5. The van der Waals surface area contributed by atoms with Crippen molar-refractivity contribution in [3.63, 3.8) is 0 Å². The van der Waals surface area contributed by atoms with Gasteiger partial charge in [0.05, 0.1) is 17.0 Å². The van der Waals surface area contributed by atoms with E-state index < -0.39 is 0 Å². The van der Waals surface area contributed by atoms with Gasteiger partial charge in [-0.25, -0.2) is 4.52 Å². The van der Waals surface area contributed by atoms with Crippen LogP contribution in [0.15, 0.2) is 138 Å². The van der Waals surface area contributed by atoms with Gasteiger partial charge in [0.2, 0.25) is 0 Å². The zero-order valence-corrected chi connectivity index (χ0v) is 34.4. The molecule has 1 N–H and O–H groups in total. The summed E-state index contributed by atoms with van der Waals surface area (Å²) in [7, 11) is 0. The van der Waals surface area contributed by atoms with Crippen LogP contribution in [0.3, 0.4) is 0 Å². The van der Waals surface area contributed by atoms with Crippen molar-refractivity contribution < 1.29 is 30.6 Å². The number of fused-ring (bicyclic) bond motifs is 4. The average Bonchev–Trinajstić information content (AvgIpc) is 3.76. The van der Waals surface area contributed by atoms with E-state index in [2.05, 4.69) is 102 Å². The summed E-state index contributed by atoms with van der Waals surface area (Å²) in [6, 6.07) is 46.6. The zero-order chi connectivity index (χ0) is 38.1. The molecule has 0 saturated carbocycles. The molecule has 0 aliphatic heterocycles. The number of aromatic hydroxyl groups is 1. The van der Waals surface area contributed by atoms with Crippen molar-refractivity contribution in [1.29, 1.82) is 0 Å². The molecule has 280 valence electrons. The predicted octanol–water partition coefficient (Wildman–Crippen LogP) is 12.5. The number of para-hydroxylation sites is 2. The van der Waals surface area contributed by atoms with Crippen LogP contribution >= 0.6 is 0 Å². The molecule has 7 heteroatoms. The normalized spacial score (nSPS) is 12.0. The molecule has 4 aromatic heterocycles. The van der Waals surface area contributed by atoms with E-state index in [-0.39, 0.29) is 37.6 Å². The molecule has 0 fully saturated rings. The fraction of sp³-hybridized carbons (Fsp3) is 0.163. The topological polar surface area (TPSA) is 76.5 Å². The Hall–Kier alpha value is -5.84. The summed E-state index contributed by atoms with van der Waals surface area (Å²) in [5.74, 6) is 0.160. The molecule has 56 heavy (non-hydrogen) atoms. The first kappa shape index (κ1) is 37.1. The van der Waals surface area contributed by atoms with Crippen molar-refractivity contribution in [2.24, 2.45) is 0 Å². The van der Waals surface area contributed by atoms with Crippen LogP contribution in [0.2, 0.25) is 0 Å². The van der Waals surface area contributed by atoms with Crippen LogP contribution in [0.1, 0.15) is 52.7 Å². The maximum atomic E-state index is 11.2. The fourth-order valence-corrected chi connectivity index (χ4v) is 7.32. The summed E-state index contributed by atoms with van der Waals surface area (Å²) in [4.78, 5) is 10.4. The van der Waals surface area contributed by atoms with Gasteiger partial charge in [0.25, 0.3) is 0 Å². The Morgan fingerprint density at radius 2 is 1.29 bits per heavy atom. The molecule has 0 aliphatic rings. The van der Waals surface area contributed by atoms with Crippen molar-refractivity contribution in [2.75, 3.05) is 0 Å². The van der Waals surface area contributed by atoms with E-state index in [1.807, 2.05) is 71.2 Å². The van der Waals surface area contributed by atoms with Crippen molar-refractivity contribution in [2.45, 2.75) is 52.4 Å². The van der Waals surface area contributed by atoms with Crippen LogP contribution in [0.25, 0.3) is 83.7 Å². The number of rotatable bonds is 5. The molecule has 5 aromatic carbocycles. The Labute approximate surface area is 341 Å². The molecule has 0 radical (unpaired) electrons. The monoisotopic (exact) mass is 912 g/mol. The van der Waals surface area contributed by atoms with Crippen molar-refractivity contribution in [3.8, 4) is 61.9 Å². The Morgan fingerprint density at radius 1 is 0.625 bits per heavy atom. The Kier molecular flexibility index (Phi) is 9.29. The van der Waals surface area contributed by atoms with Gasteiger partial charge in [-0.2, -0.15) is 5.10 Å². The van der Waals surface area contributed by atoms with Gasteiger partial charge in [-0.15, -0.1) is 12.1 Å². The van der Waals surface area contributed by atoms with Crippen LogP contribution in [0, 0.1) is 6.07 Å². The van der Waals surface area contributed by atoms with Gasteiger partial charge < -0.3 is 9.52 Å². The minimum atomic E-state index is -0.0750. The molecule has 9 aromatic rings. The van der Waals surface area contributed by atoms with Crippen LogP contribution < -0.4 is 0 Å². The average molecular weight is 913 g/mol. The summed E-state index contributed by atoms with van der Waals surface area (Å²) in [5, 5.41) is 17.8. The molecule has 6 nitrogen and oxygen atoms in total. The summed E-state index contributed by atoms with van der Waals surface area (Å²) in [5.41, 5.74) is 12.7. The Bertz CT molecular complexity index is 2880. The smallest absolute Gasteiger partial charge is 0.146 e. The third-order valence-corrected chi connectivity index (χ3v) is 10.4. The van der Waals surface area contributed by atoms with Gasteiger partial charge in [0.15, 0.2) is 0 Å². The van der Waals surface area contributed by atoms with Gasteiger partial charge in [0, 0.05) is 49.6 Å². The van der Waals surface area contributed by atoms with Gasteiger partial charge in [-0.1, -0.05) is 138 Å². The molecule has 0 bridgehead atoms. The molecule has 0 saturated heterocycles. The number of phenolic OH excluding ortho intramolecular Hbond substituents is 1. The molecular weight excluding hydrogens is 872 g/mol. The van der Waals surface area contributed by atoms with Crippen LogP contribution in [-0.2, 0) is 31.9 Å². The van der Waals surface area contributed by atoms with Crippen LogP contribution in [0.4, 0.5) is 0 Å². The van der Waals surface area contributed by atoms with Crippen molar-refractivity contribution in [1.82, 2.24) is 19.6 Å². The maximum Gasteiger partial charge on any atom is 0.146 e. The fourth-order valence-electron chi connectivity index (χ4n) is 7.32. The zero-order valence-electron chi connectivity index (χ0n) is 32.2. The second-order valence-electron chi connectivity index (χ2n) is 16.3. The number of nitrogens with zero attached hydrogens (tertiary/aromatic N) is 4.